The van der Waals surface area contributed by atoms with Crippen LogP contribution < -0.4 is 10.1 Å². The number of amides is 1. The zero-order chi connectivity index (χ0) is 22.0. The fraction of sp³-hybridized carbons (Fsp3) is 0.167. The van der Waals surface area contributed by atoms with Gasteiger partial charge in [-0.2, -0.15) is 0 Å². The van der Waals surface area contributed by atoms with Crippen LogP contribution in [0.25, 0.3) is 22.6 Å². The Labute approximate surface area is 197 Å². The Kier molecular flexibility index (Phi) is 6.43. The van der Waals surface area contributed by atoms with Gasteiger partial charge in [0.1, 0.15) is 11.3 Å². The molecule has 4 rings (SSSR count). The van der Waals surface area contributed by atoms with Crippen LogP contribution in [0, 0.1) is 6.92 Å². The summed E-state index contributed by atoms with van der Waals surface area (Å²) in [4.78, 5) is 17.0. The molecule has 158 valence electrons. The van der Waals surface area contributed by atoms with Crippen LogP contribution >= 0.6 is 31.9 Å². The molecule has 0 bridgehead atoms. The number of oxazole rings is 1. The lowest BCUT2D eigenvalue weighted by Crippen LogP contribution is -2.20. The highest BCUT2D eigenvalue weighted by molar-refractivity contribution is 9.11. The fourth-order valence-electron chi connectivity index (χ4n) is 3.22. The average molecular weight is 544 g/mol. The number of aromatic nitrogens is 1. The Morgan fingerprint density at radius 3 is 2.58 bits per heavy atom. The van der Waals surface area contributed by atoms with Crippen LogP contribution in [0.5, 0.6) is 5.75 Å². The van der Waals surface area contributed by atoms with Gasteiger partial charge in [0.15, 0.2) is 12.2 Å². The number of carbonyl (C=O) groups is 1. The van der Waals surface area contributed by atoms with Crippen LogP contribution in [0.3, 0.4) is 0 Å². The van der Waals surface area contributed by atoms with Gasteiger partial charge < -0.3 is 14.5 Å². The third kappa shape index (κ3) is 4.99. The number of fused-ring (bicyclic) bond motifs is 1. The van der Waals surface area contributed by atoms with Crippen molar-refractivity contribution >= 4 is 54.6 Å². The van der Waals surface area contributed by atoms with Crippen molar-refractivity contribution in [3.63, 3.8) is 0 Å². The SMILES string of the molecule is CCc1ccc(-c2nc3cc(NC(=O)COc4c(C)cc(Br)cc4Br)ccc3o2)cc1. The predicted octanol–water partition coefficient (Wildman–Crippen LogP) is 6.91. The van der Waals surface area contributed by atoms with Gasteiger partial charge >= 0.3 is 0 Å². The molecule has 0 spiro atoms. The lowest BCUT2D eigenvalue weighted by atomic mass is 10.1. The molecule has 0 aliphatic carbocycles. The Morgan fingerprint density at radius 2 is 1.87 bits per heavy atom. The van der Waals surface area contributed by atoms with Gasteiger partial charge in [-0.15, -0.1) is 0 Å². The second-order valence-electron chi connectivity index (χ2n) is 7.12. The maximum Gasteiger partial charge on any atom is 0.262 e. The highest BCUT2D eigenvalue weighted by atomic mass is 79.9. The zero-order valence-electron chi connectivity index (χ0n) is 17.0. The molecular formula is C24H20Br2N2O3. The molecule has 5 nitrogen and oxygen atoms in total. The quantitative estimate of drug-likeness (QED) is 0.287. The molecule has 0 fully saturated rings. The molecule has 0 aliphatic heterocycles. The minimum Gasteiger partial charge on any atom is -0.482 e. The van der Waals surface area contributed by atoms with Gasteiger partial charge in [0.25, 0.3) is 5.91 Å². The summed E-state index contributed by atoms with van der Waals surface area (Å²) in [6.07, 6.45) is 0.985. The Balaban J connectivity index is 1.45. The molecule has 0 saturated heterocycles. The molecule has 3 aromatic carbocycles. The van der Waals surface area contributed by atoms with Crippen molar-refractivity contribution in [3.8, 4) is 17.2 Å². The maximum atomic E-state index is 12.4. The van der Waals surface area contributed by atoms with Gasteiger partial charge in [-0.05, 0) is 82.9 Å². The maximum absolute atomic E-state index is 12.4. The third-order valence-electron chi connectivity index (χ3n) is 4.82. The van der Waals surface area contributed by atoms with Crippen molar-refractivity contribution in [2.24, 2.45) is 0 Å². The summed E-state index contributed by atoms with van der Waals surface area (Å²) in [5, 5.41) is 2.85. The van der Waals surface area contributed by atoms with Crippen LogP contribution in [-0.4, -0.2) is 17.5 Å². The molecule has 1 heterocycles. The molecule has 0 saturated carbocycles. The second-order valence-corrected chi connectivity index (χ2v) is 8.89. The van der Waals surface area contributed by atoms with Crippen LogP contribution in [0.4, 0.5) is 5.69 Å². The first-order chi connectivity index (χ1) is 14.9. The number of aryl methyl sites for hydroxylation is 2. The standard InChI is InChI=1S/C24H20Br2N2O3/c1-3-15-4-6-16(7-5-15)24-28-20-12-18(8-9-21(20)31-24)27-22(29)13-30-23-14(2)10-17(25)11-19(23)26/h4-12H,3,13H2,1-2H3,(H,27,29). The van der Waals surface area contributed by atoms with Gasteiger partial charge in [-0.1, -0.05) is 35.0 Å². The smallest absolute Gasteiger partial charge is 0.262 e. The highest BCUT2D eigenvalue weighted by Crippen LogP contribution is 2.32. The van der Waals surface area contributed by atoms with Crippen molar-refractivity contribution < 1.29 is 13.9 Å². The van der Waals surface area contributed by atoms with E-state index in [1.54, 1.807) is 18.2 Å². The van der Waals surface area contributed by atoms with E-state index in [0.717, 1.165) is 26.5 Å². The minimum atomic E-state index is -0.257. The first-order valence-corrected chi connectivity index (χ1v) is 11.4. The van der Waals surface area contributed by atoms with Gasteiger partial charge in [0, 0.05) is 15.7 Å². The topological polar surface area (TPSA) is 64.4 Å². The van der Waals surface area contributed by atoms with Crippen LogP contribution in [0.2, 0.25) is 0 Å². The van der Waals surface area contributed by atoms with E-state index in [9.17, 15) is 4.79 Å². The molecule has 0 aliphatic rings. The van der Waals surface area contributed by atoms with E-state index in [1.807, 2.05) is 31.2 Å². The number of carbonyl (C=O) groups excluding carboxylic acids is 1. The van der Waals surface area contributed by atoms with Crippen molar-refractivity contribution in [2.45, 2.75) is 20.3 Å². The van der Waals surface area contributed by atoms with E-state index < -0.39 is 0 Å². The number of ether oxygens (including phenoxy) is 1. The number of hydrogen-bond acceptors (Lipinski definition) is 4. The van der Waals surface area contributed by atoms with E-state index >= 15 is 0 Å². The fourth-order valence-corrected chi connectivity index (χ4v) is 4.77. The molecule has 7 heteroatoms. The largest absolute Gasteiger partial charge is 0.482 e. The summed E-state index contributed by atoms with van der Waals surface area (Å²) in [6.45, 7) is 3.94. The predicted molar refractivity (Wildman–Crippen MR) is 130 cm³/mol. The molecular weight excluding hydrogens is 524 g/mol. The summed E-state index contributed by atoms with van der Waals surface area (Å²) in [5.41, 5.74) is 5.09. The molecule has 0 atom stereocenters. The Hall–Kier alpha value is -2.64. The van der Waals surface area contributed by atoms with E-state index in [-0.39, 0.29) is 12.5 Å². The van der Waals surface area contributed by atoms with Gasteiger partial charge in [-0.25, -0.2) is 4.98 Å². The Morgan fingerprint density at radius 1 is 1.10 bits per heavy atom. The number of benzene rings is 3. The molecule has 4 aromatic rings. The first kappa shape index (κ1) is 21.6. The molecule has 1 amide bonds. The highest BCUT2D eigenvalue weighted by Gasteiger charge is 2.12. The van der Waals surface area contributed by atoms with Crippen LogP contribution in [0.15, 0.2) is 68.0 Å². The summed E-state index contributed by atoms with van der Waals surface area (Å²) < 4.78 is 13.3. The third-order valence-corrected chi connectivity index (χ3v) is 5.87. The van der Waals surface area contributed by atoms with Crippen molar-refractivity contribution in [3.05, 3.63) is 74.7 Å². The van der Waals surface area contributed by atoms with Crippen molar-refractivity contribution in [1.29, 1.82) is 0 Å². The molecule has 31 heavy (non-hydrogen) atoms. The van der Waals surface area contributed by atoms with E-state index in [1.165, 1.54) is 5.56 Å². The summed E-state index contributed by atoms with van der Waals surface area (Å²) in [7, 11) is 0. The first-order valence-electron chi connectivity index (χ1n) is 9.81. The monoisotopic (exact) mass is 542 g/mol. The normalized spacial score (nSPS) is 11.0. The average Bonchev–Trinajstić information content (AvgIpc) is 3.16. The number of nitrogens with zero attached hydrogens (tertiary/aromatic N) is 1. The lowest BCUT2D eigenvalue weighted by Gasteiger charge is -2.12. The molecule has 1 aromatic heterocycles. The summed E-state index contributed by atoms with van der Waals surface area (Å²) in [5.74, 6) is 0.941. The summed E-state index contributed by atoms with van der Waals surface area (Å²) >= 11 is 6.90. The molecule has 1 N–H and O–H groups in total. The number of halogens is 2. The zero-order valence-corrected chi connectivity index (χ0v) is 20.2. The van der Waals surface area contributed by atoms with Gasteiger partial charge in [0.05, 0.1) is 4.47 Å². The van der Waals surface area contributed by atoms with E-state index in [4.69, 9.17) is 9.15 Å². The van der Waals surface area contributed by atoms with E-state index in [2.05, 4.69) is 61.2 Å². The minimum absolute atomic E-state index is 0.104. The van der Waals surface area contributed by atoms with Gasteiger partial charge in [0.2, 0.25) is 5.89 Å². The number of anilines is 1. The van der Waals surface area contributed by atoms with Crippen LogP contribution in [-0.2, 0) is 11.2 Å². The summed E-state index contributed by atoms with van der Waals surface area (Å²) in [6, 6.07) is 17.4. The van der Waals surface area contributed by atoms with E-state index in [0.29, 0.717) is 28.4 Å². The molecule has 0 unspecified atom stereocenters. The number of hydrogen-bond donors (Lipinski definition) is 1. The van der Waals surface area contributed by atoms with Crippen molar-refractivity contribution in [2.75, 3.05) is 11.9 Å². The second kappa shape index (κ2) is 9.24. The van der Waals surface area contributed by atoms with Crippen LogP contribution in [0.1, 0.15) is 18.1 Å². The lowest BCUT2D eigenvalue weighted by molar-refractivity contribution is -0.118. The number of rotatable bonds is 6. The molecule has 0 radical (unpaired) electrons. The number of nitrogens with one attached hydrogen (secondary N) is 1. The van der Waals surface area contributed by atoms with Gasteiger partial charge in [-0.3, -0.25) is 4.79 Å². The van der Waals surface area contributed by atoms with Crippen molar-refractivity contribution in [1.82, 2.24) is 4.98 Å². The Bertz CT molecular complexity index is 1230.